The van der Waals surface area contributed by atoms with Crippen LogP contribution >= 0.6 is 0 Å². The first-order valence-electron chi connectivity index (χ1n) is 9.52. The molecule has 0 bridgehead atoms. The summed E-state index contributed by atoms with van der Waals surface area (Å²) < 4.78 is 2.06. The topological polar surface area (TPSA) is 58.4 Å². The zero-order valence-electron chi connectivity index (χ0n) is 15.9. The van der Waals surface area contributed by atoms with Crippen LogP contribution in [0, 0.1) is 0 Å². The van der Waals surface area contributed by atoms with Crippen molar-refractivity contribution in [3.63, 3.8) is 0 Å². The Morgan fingerprint density at radius 2 is 2.08 bits per heavy atom. The molecule has 1 atom stereocenters. The summed E-state index contributed by atoms with van der Waals surface area (Å²) in [6.45, 7) is 8.88. The zero-order valence-corrected chi connectivity index (χ0v) is 15.9. The molecule has 0 aliphatic carbocycles. The predicted molar refractivity (Wildman–Crippen MR) is 102 cm³/mol. The van der Waals surface area contributed by atoms with Crippen molar-refractivity contribution in [1.29, 1.82) is 0 Å². The number of carbonyl (C=O) groups excluding carboxylic acids is 2. The zero-order chi connectivity index (χ0) is 18.7. The average molecular weight is 356 g/mol. The fourth-order valence-electron chi connectivity index (χ4n) is 3.93. The largest absolute Gasteiger partial charge is 0.342 e. The first-order valence-corrected chi connectivity index (χ1v) is 9.52. The molecule has 6 nitrogen and oxygen atoms in total. The third-order valence-electron chi connectivity index (χ3n) is 5.38. The van der Waals surface area contributed by atoms with Gasteiger partial charge in [-0.1, -0.05) is 0 Å². The van der Waals surface area contributed by atoms with E-state index in [0.29, 0.717) is 26.2 Å². The molecule has 1 fully saturated rings. The van der Waals surface area contributed by atoms with Crippen molar-refractivity contribution in [2.45, 2.75) is 46.1 Å². The van der Waals surface area contributed by atoms with Crippen LogP contribution in [-0.4, -0.2) is 57.3 Å². The molecule has 140 valence electrons. The van der Waals surface area contributed by atoms with Crippen LogP contribution in [0.2, 0.25) is 0 Å². The molecule has 0 unspecified atom stereocenters. The maximum Gasteiger partial charge on any atom is 0.242 e. The van der Waals surface area contributed by atoms with Crippen LogP contribution < -0.4 is 0 Å². The lowest BCUT2D eigenvalue weighted by Crippen LogP contribution is -2.39. The number of pyridine rings is 1. The molecular weight excluding hydrogens is 328 g/mol. The van der Waals surface area contributed by atoms with Crippen molar-refractivity contribution >= 4 is 22.8 Å². The van der Waals surface area contributed by atoms with E-state index in [2.05, 4.69) is 15.6 Å². The number of hydrogen-bond donors (Lipinski definition) is 0. The molecule has 0 spiro atoms. The molecule has 0 radical (unpaired) electrons. The summed E-state index contributed by atoms with van der Waals surface area (Å²) >= 11 is 0. The van der Waals surface area contributed by atoms with Crippen LogP contribution in [0.1, 0.15) is 45.2 Å². The van der Waals surface area contributed by atoms with E-state index in [4.69, 9.17) is 0 Å². The maximum atomic E-state index is 12.7. The minimum absolute atomic E-state index is 0.110. The van der Waals surface area contributed by atoms with Gasteiger partial charge >= 0.3 is 0 Å². The SMILES string of the molecule is CCN(CC)C(=O)Cn1c([C@@H]2CCCN(C(C)=O)C2)cc2cccnc21. The summed E-state index contributed by atoms with van der Waals surface area (Å²) in [6, 6.07) is 6.10. The third-order valence-corrected chi connectivity index (χ3v) is 5.38. The van der Waals surface area contributed by atoms with Gasteiger partial charge in [0, 0.05) is 56.3 Å². The highest BCUT2D eigenvalue weighted by Gasteiger charge is 2.27. The molecule has 1 aliphatic heterocycles. The molecule has 1 aliphatic rings. The second kappa shape index (κ2) is 7.89. The number of likely N-dealkylation sites (N-methyl/N-ethyl adjacent to an activating group) is 1. The summed E-state index contributed by atoms with van der Waals surface area (Å²) in [5.74, 6) is 0.472. The Labute approximate surface area is 154 Å². The maximum absolute atomic E-state index is 12.7. The Balaban J connectivity index is 1.97. The summed E-state index contributed by atoms with van der Waals surface area (Å²) in [7, 11) is 0. The molecule has 0 N–H and O–H groups in total. The summed E-state index contributed by atoms with van der Waals surface area (Å²) in [5.41, 5.74) is 1.97. The molecule has 3 rings (SSSR count). The smallest absolute Gasteiger partial charge is 0.242 e. The Bertz CT molecular complexity index is 794. The van der Waals surface area contributed by atoms with Gasteiger partial charge in [0.2, 0.25) is 11.8 Å². The van der Waals surface area contributed by atoms with Crippen LogP contribution in [0.5, 0.6) is 0 Å². The Hall–Kier alpha value is -2.37. The van der Waals surface area contributed by atoms with E-state index in [-0.39, 0.29) is 17.7 Å². The van der Waals surface area contributed by atoms with Gasteiger partial charge in [-0.3, -0.25) is 9.59 Å². The quantitative estimate of drug-likeness (QED) is 0.827. The number of amides is 2. The molecular formula is C20H28N4O2. The molecule has 2 aromatic rings. The summed E-state index contributed by atoms with van der Waals surface area (Å²) in [4.78, 5) is 32.8. The standard InChI is InChI=1S/C20H28N4O2/c1-4-22(5-2)19(26)14-24-18(12-16-8-6-10-21-20(16)24)17-9-7-11-23(13-17)15(3)25/h6,8,10,12,17H,4-5,7,9,11,13-14H2,1-3H3/t17-/m1/s1. The van der Waals surface area contributed by atoms with Crippen LogP contribution in [0.15, 0.2) is 24.4 Å². The lowest BCUT2D eigenvalue weighted by atomic mass is 9.94. The third kappa shape index (κ3) is 3.59. The monoisotopic (exact) mass is 356 g/mol. The van der Waals surface area contributed by atoms with Gasteiger partial charge in [0.25, 0.3) is 0 Å². The molecule has 0 aromatic carbocycles. The lowest BCUT2D eigenvalue weighted by molar-refractivity contribution is -0.132. The minimum Gasteiger partial charge on any atom is -0.342 e. The Kier molecular flexibility index (Phi) is 5.59. The van der Waals surface area contributed by atoms with Crippen molar-refractivity contribution in [3.05, 3.63) is 30.1 Å². The van der Waals surface area contributed by atoms with Gasteiger partial charge in [-0.2, -0.15) is 0 Å². The van der Waals surface area contributed by atoms with E-state index in [1.54, 1.807) is 13.1 Å². The van der Waals surface area contributed by atoms with Crippen LogP contribution in [0.3, 0.4) is 0 Å². The van der Waals surface area contributed by atoms with Crippen LogP contribution in [0.25, 0.3) is 11.0 Å². The first kappa shape index (κ1) is 18.4. The highest BCUT2D eigenvalue weighted by molar-refractivity contribution is 5.82. The van der Waals surface area contributed by atoms with Crippen molar-refractivity contribution in [3.8, 4) is 0 Å². The highest BCUT2D eigenvalue weighted by atomic mass is 16.2. The number of likely N-dealkylation sites (tertiary alicyclic amines) is 1. The predicted octanol–water partition coefficient (Wildman–Crippen LogP) is 2.63. The van der Waals surface area contributed by atoms with Gasteiger partial charge < -0.3 is 14.4 Å². The van der Waals surface area contributed by atoms with Crippen LogP contribution in [0.4, 0.5) is 0 Å². The molecule has 2 aromatic heterocycles. The molecule has 1 saturated heterocycles. The number of carbonyl (C=O) groups is 2. The average Bonchev–Trinajstić information content (AvgIpc) is 3.01. The van der Waals surface area contributed by atoms with Gasteiger partial charge in [0.1, 0.15) is 12.2 Å². The van der Waals surface area contributed by atoms with Crippen molar-refractivity contribution in [2.24, 2.45) is 0 Å². The van der Waals surface area contributed by atoms with Gasteiger partial charge in [-0.15, -0.1) is 0 Å². The molecule has 6 heteroatoms. The van der Waals surface area contributed by atoms with Gasteiger partial charge in [-0.25, -0.2) is 4.98 Å². The second-order valence-corrected chi connectivity index (χ2v) is 6.94. The number of piperidine rings is 1. The number of hydrogen-bond acceptors (Lipinski definition) is 3. The van der Waals surface area contributed by atoms with E-state index in [9.17, 15) is 9.59 Å². The van der Waals surface area contributed by atoms with Crippen molar-refractivity contribution < 1.29 is 9.59 Å². The number of rotatable bonds is 5. The van der Waals surface area contributed by atoms with E-state index in [0.717, 1.165) is 36.1 Å². The van der Waals surface area contributed by atoms with Gasteiger partial charge in [0.05, 0.1) is 0 Å². The number of aromatic nitrogens is 2. The van der Waals surface area contributed by atoms with E-state index in [1.165, 1.54) is 0 Å². The van der Waals surface area contributed by atoms with Crippen molar-refractivity contribution in [1.82, 2.24) is 19.4 Å². The fourth-order valence-corrected chi connectivity index (χ4v) is 3.93. The van der Waals surface area contributed by atoms with Crippen molar-refractivity contribution in [2.75, 3.05) is 26.2 Å². The van der Waals surface area contributed by atoms with E-state index < -0.39 is 0 Å². The molecule has 3 heterocycles. The lowest BCUT2D eigenvalue weighted by Gasteiger charge is -2.32. The molecule has 26 heavy (non-hydrogen) atoms. The van der Waals surface area contributed by atoms with E-state index in [1.807, 2.05) is 35.8 Å². The highest BCUT2D eigenvalue weighted by Crippen LogP contribution is 2.31. The Morgan fingerprint density at radius 3 is 2.77 bits per heavy atom. The molecule has 0 saturated carbocycles. The first-order chi connectivity index (χ1) is 12.5. The van der Waals surface area contributed by atoms with Gasteiger partial charge in [-0.05, 0) is 44.9 Å². The normalized spacial score (nSPS) is 17.5. The number of nitrogens with zero attached hydrogens (tertiary/aromatic N) is 4. The summed E-state index contributed by atoms with van der Waals surface area (Å²) in [5, 5.41) is 1.05. The summed E-state index contributed by atoms with van der Waals surface area (Å²) in [6.07, 6.45) is 3.79. The number of fused-ring (bicyclic) bond motifs is 1. The van der Waals surface area contributed by atoms with E-state index >= 15 is 0 Å². The molecule has 2 amide bonds. The Morgan fingerprint density at radius 1 is 1.31 bits per heavy atom. The van der Waals surface area contributed by atoms with Gasteiger partial charge in [0.15, 0.2) is 0 Å². The second-order valence-electron chi connectivity index (χ2n) is 6.94. The minimum atomic E-state index is 0.110. The van der Waals surface area contributed by atoms with Crippen LogP contribution in [-0.2, 0) is 16.1 Å². The fraction of sp³-hybridized carbons (Fsp3) is 0.550.